The van der Waals surface area contributed by atoms with E-state index in [1.165, 1.54) is 32.1 Å². The number of carbonyl (C=O) groups is 1. The molecule has 192 valence electrons. The van der Waals surface area contributed by atoms with Crippen molar-refractivity contribution in [2.45, 2.75) is 119 Å². The largest absolute Gasteiger partial charge is 0.469 e. The Bertz CT molecular complexity index is 904. The van der Waals surface area contributed by atoms with E-state index in [0.29, 0.717) is 23.2 Å². The van der Waals surface area contributed by atoms with Crippen molar-refractivity contribution in [3.05, 3.63) is 11.6 Å². The summed E-state index contributed by atoms with van der Waals surface area (Å²) in [7, 11) is 1.56. The Morgan fingerprint density at radius 3 is 2.26 bits per heavy atom. The SMILES string of the molecule is COC(=O)[C@@]1(C)CC[C@]2(C)CC[C@]3(C)C(=CCC4[C@@]5(C)CC[C@H](O)C(C)(C)C5CC[C@]43C)C2C1. The molecule has 4 fully saturated rings. The van der Waals surface area contributed by atoms with Crippen LogP contribution in [-0.4, -0.2) is 24.3 Å². The number of carbonyl (C=O) groups excluding carboxylic acids is 1. The topological polar surface area (TPSA) is 46.5 Å². The first-order chi connectivity index (χ1) is 15.7. The van der Waals surface area contributed by atoms with Gasteiger partial charge in [0.1, 0.15) is 0 Å². The van der Waals surface area contributed by atoms with Crippen LogP contribution in [0.5, 0.6) is 0 Å². The zero-order valence-electron chi connectivity index (χ0n) is 23.2. The normalized spacial score (nSPS) is 54.0. The fourth-order valence-corrected chi connectivity index (χ4v) is 10.8. The van der Waals surface area contributed by atoms with E-state index in [1.54, 1.807) is 12.7 Å². The summed E-state index contributed by atoms with van der Waals surface area (Å²) in [6.07, 6.45) is 13.8. The fourth-order valence-electron chi connectivity index (χ4n) is 10.8. The van der Waals surface area contributed by atoms with Crippen molar-refractivity contribution >= 4 is 5.97 Å². The van der Waals surface area contributed by atoms with Gasteiger partial charge in [-0.05, 0) is 116 Å². The van der Waals surface area contributed by atoms with Gasteiger partial charge in [0.05, 0.1) is 18.6 Å². The van der Waals surface area contributed by atoms with Crippen LogP contribution in [0.15, 0.2) is 11.6 Å². The first-order valence-corrected chi connectivity index (χ1v) is 14.2. The average Bonchev–Trinajstić information content (AvgIpc) is 2.77. The van der Waals surface area contributed by atoms with E-state index in [2.05, 4.69) is 54.5 Å². The minimum Gasteiger partial charge on any atom is -0.469 e. The summed E-state index contributed by atoms with van der Waals surface area (Å²) < 4.78 is 5.29. The van der Waals surface area contributed by atoms with Gasteiger partial charge in [0.15, 0.2) is 0 Å². The number of allylic oxidation sites excluding steroid dienone is 2. The molecule has 0 spiro atoms. The third-order valence-corrected chi connectivity index (χ3v) is 13.5. The molecule has 3 heteroatoms. The van der Waals surface area contributed by atoms with Crippen LogP contribution in [0.25, 0.3) is 0 Å². The third kappa shape index (κ3) is 2.94. The molecule has 0 amide bonds. The average molecular weight is 471 g/mol. The highest BCUT2D eigenvalue weighted by molar-refractivity contribution is 5.76. The molecule has 0 radical (unpaired) electrons. The maximum Gasteiger partial charge on any atom is 0.311 e. The van der Waals surface area contributed by atoms with Crippen molar-refractivity contribution in [2.24, 2.45) is 50.2 Å². The number of hydrogen-bond acceptors (Lipinski definition) is 3. The predicted molar refractivity (Wildman–Crippen MR) is 137 cm³/mol. The highest BCUT2D eigenvalue weighted by atomic mass is 16.5. The van der Waals surface area contributed by atoms with Crippen molar-refractivity contribution in [1.29, 1.82) is 0 Å². The molecule has 0 aromatic heterocycles. The highest BCUT2D eigenvalue weighted by Gasteiger charge is 2.68. The fraction of sp³-hybridized carbons (Fsp3) is 0.903. The summed E-state index contributed by atoms with van der Waals surface area (Å²) in [5.41, 5.74) is 2.39. The number of rotatable bonds is 1. The first-order valence-electron chi connectivity index (χ1n) is 14.2. The molecule has 9 atom stereocenters. The number of methoxy groups -OCH3 is 1. The number of aliphatic hydroxyl groups excluding tert-OH is 1. The summed E-state index contributed by atoms with van der Waals surface area (Å²) in [4.78, 5) is 12.8. The van der Waals surface area contributed by atoms with E-state index in [9.17, 15) is 9.90 Å². The Balaban J connectivity index is 1.56. The number of esters is 1. The van der Waals surface area contributed by atoms with Gasteiger partial charge in [-0.3, -0.25) is 4.79 Å². The third-order valence-electron chi connectivity index (χ3n) is 13.5. The first kappa shape index (κ1) is 24.8. The van der Waals surface area contributed by atoms with Crippen LogP contribution in [0.4, 0.5) is 0 Å². The van der Waals surface area contributed by atoms with E-state index in [4.69, 9.17) is 4.74 Å². The van der Waals surface area contributed by atoms with Crippen molar-refractivity contribution in [1.82, 2.24) is 0 Å². The Morgan fingerprint density at radius 2 is 1.59 bits per heavy atom. The van der Waals surface area contributed by atoms with Gasteiger partial charge in [0.25, 0.3) is 0 Å². The van der Waals surface area contributed by atoms with Crippen LogP contribution in [-0.2, 0) is 9.53 Å². The van der Waals surface area contributed by atoms with Crippen LogP contribution in [0.2, 0.25) is 0 Å². The Labute approximate surface area is 208 Å². The Kier molecular flexibility index (Phi) is 5.38. The van der Waals surface area contributed by atoms with E-state index in [0.717, 1.165) is 32.1 Å². The minimum absolute atomic E-state index is 0.00391. The molecule has 5 aliphatic carbocycles. The highest BCUT2D eigenvalue weighted by Crippen LogP contribution is 2.75. The van der Waals surface area contributed by atoms with Gasteiger partial charge in [0.2, 0.25) is 0 Å². The van der Waals surface area contributed by atoms with Gasteiger partial charge in [-0.15, -0.1) is 0 Å². The lowest BCUT2D eigenvalue weighted by molar-refractivity contribution is -0.203. The van der Waals surface area contributed by atoms with E-state index in [-0.39, 0.29) is 39.1 Å². The van der Waals surface area contributed by atoms with Gasteiger partial charge in [-0.25, -0.2) is 0 Å². The van der Waals surface area contributed by atoms with Crippen LogP contribution in [0.1, 0.15) is 113 Å². The summed E-state index contributed by atoms with van der Waals surface area (Å²) in [5.74, 6) is 1.72. The molecular formula is C31H50O3. The molecule has 0 aliphatic heterocycles. The molecule has 3 nitrogen and oxygen atoms in total. The lowest BCUT2D eigenvalue weighted by atomic mass is 9.33. The number of hydrogen-bond donors (Lipinski definition) is 1. The van der Waals surface area contributed by atoms with Crippen molar-refractivity contribution in [2.75, 3.05) is 7.11 Å². The lowest BCUT2D eigenvalue weighted by Gasteiger charge is -2.71. The molecule has 0 aromatic carbocycles. The smallest absolute Gasteiger partial charge is 0.311 e. The molecule has 34 heavy (non-hydrogen) atoms. The zero-order chi connectivity index (χ0) is 24.9. The quantitative estimate of drug-likeness (QED) is 0.322. The van der Waals surface area contributed by atoms with Gasteiger partial charge >= 0.3 is 5.97 Å². The van der Waals surface area contributed by atoms with Crippen molar-refractivity contribution in [3.63, 3.8) is 0 Å². The number of fused-ring (bicyclic) bond motifs is 7. The lowest BCUT2D eigenvalue weighted by Crippen LogP contribution is -2.64. The molecule has 0 aromatic rings. The summed E-state index contributed by atoms with van der Waals surface area (Å²) in [5, 5.41) is 10.9. The summed E-state index contributed by atoms with van der Waals surface area (Å²) >= 11 is 0. The second-order valence-corrected chi connectivity index (χ2v) is 15.1. The summed E-state index contributed by atoms with van der Waals surface area (Å²) in [6, 6.07) is 0. The van der Waals surface area contributed by atoms with Gasteiger partial charge in [0, 0.05) is 0 Å². The van der Waals surface area contributed by atoms with Gasteiger partial charge in [-0.1, -0.05) is 53.2 Å². The second-order valence-electron chi connectivity index (χ2n) is 15.1. The van der Waals surface area contributed by atoms with E-state index >= 15 is 0 Å². The van der Waals surface area contributed by atoms with E-state index < -0.39 is 0 Å². The zero-order valence-corrected chi connectivity index (χ0v) is 23.2. The molecule has 0 saturated heterocycles. The molecule has 5 aliphatic rings. The van der Waals surface area contributed by atoms with Crippen molar-refractivity contribution < 1.29 is 14.6 Å². The standard InChI is InChI=1S/C31H50O3/c1-26(2)22-11-14-31(7)23(29(22,5)13-12-24(26)32)10-9-20-21-19-28(4,25(33)34-8)16-15-27(21,3)17-18-30(20,31)6/h9,21-24,32H,10-19H2,1-8H3/t21?,22?,23?,24-,27+,28-,29-,30+,31+/m0/s1. The van der Waals surface area contributed by atoms with Crippen LogP contribution >= 0.6 is 0 Å². The van der Waals surface area contributed by atoms with Crippen LogP contribution < -0.4 is 0 Å². The second kappa shape index (κ2) is 7.36. The molecule has 4 saturated carbocycles. The summed E-state index contributed by atoms with van der Waals surface area (Å²) in [6.45, 7) is 17.1. The number of ether oxygens (including phenoxy) is 1. The van der Waals surface area contributed by atoms with E-state index in [1.807, 2.05) is 0 Å². The number of aliphatic hydroxyl groups is 1. The molecule has 3 unspecified atom stereocenters. The van der Waals surface area contributed by atoms with Crippen molar-refractivity contribution in [3.8, 4) is 0 Å². The van der Waals surface area contributed by atoms with Gasteiger partial charge in [-0.2, -0.15) is 0 Å². The van der Waals surface area contributed by atoms with Crippen LogP contribution in [0, 0.1) is 50.2 Å². The molecule has 5 rings (SSSR count). The molecular weight excluding hydrogens is 420 g/mol. The maximum atomic E-state index is 12.8. The Morgan fingerprint density at radius 1 is 0.912 bits per heavy atom. The van der Waals surface area contributed by atoms with Gasteiger partial charge < -0.3 is 9.84 Å². The molecule has 0 heterocycles. The molecule has 0 bridgehead atoms. The minimum atomic E-state index is -0.358. The maximum absolute atomic E-state index is 12.8. The Hall–Kier alpha value is -0.830. The molecule has 1 N–H and O–H groups in total. The van der Waals surface area contributed by atoms with Crippen LogP contribution in [0.3, 0.4) is 0 Å². The predicted octanol–water partition coefficient (Wildman–Crippen LogP) is 7.32. The monoisotopic (exact) mass is 470 g/mol.